The molecule has 1 N–H and O–H groups in total. The van der Waals surface area contributed by atoms with E-state index < -0.39 is 0 Å². The number of benzene rings is 1. The van der Waals surface area contributed by atoms with Crippen molar-refractivity contribution in [3.8, 4) is 5.75 Å². The third kappa shape index (κ3) is 2.33. The minimum Gasteiger partial charge on any atom is -0.489 e. The lowest BCUT2D eigenvalue weighted by Crippen LogP contribution is -2.05. The number of rotatable bonds is 3. The van der Waals surface area contributed by atoms with Crippen LogP contribution in [0.15, 0.2) is 34.8 Å². The van der Waals surface area contributed by atoms with E-state index in [-0.39, 0.29) is 0 Å². The zero-order valence-corrected chi connectivity index (χ0v) is 9.78. The fraction of sp³-hybridized carbons (Fsp3) is 0.357. The first kappa shape index (κ1) is 10.4. The van der Waals surface area contributed by atoms with E-state index in [4.69, 9.17) is 4.74 Å². The van der Waals surface area contributed by atoms with Crippen molar-refractivity contribution in [1.82, 2.24) is 0 Å². The Balaban J connectivity index is 1.65. The average molecular weight is 228 g/mol. The second kappa shape index (κ2) is 4.62. The van der Waals surface area contributed by atoms with Gasteiger partial charge in [-0.15, -0.1) is 0 Å². The van der Waals surface area contributed by atoms with Crippen LogP contribution in [-0.2, 0) is 6.42 Å². The highest BCUT2D eigenvalue weighted by Gasteiger charge is 2.10. The van der Waals surface area contributed by atoms with E-state index in [1.165, 1.54) is 16.8 Å². The number of hydrogen-bond donors (Lipinski definition) is 1. The molecule has 0 saturated heterocycles. The molecule has 3 heteroatoms. The number of nitrogens with one attached hydrogen (secondary N) is 1. The van der Waals surface area contributed by atoms with Crippen LogP contribution in [0, 0.1) is 0 Å². The Hall–Kier alpha value is -1.77. The van der Waals surface area contributed by atoms with Crippen molar-refractivity contribution >= 4 is 11.9 Å². The van der Waals surface area contributed by atoms with Crippen molar-refractivity contribution in [3.05, 3.63) is 35.4 Å². The van der Waals surface area contributed by atoms with Gasteiger partial charge in [0, 0.05) is 36.6 Å². The fourth-order valence-corrected chi connectivity index (χ4v) is 2.18. The quantitative estimate of drug-likeness (QED) is 0.862. The molecule has 3 nitrogen and oxygen atoms in total. The van der Waals surface area contributed by atoms with Gasteiger partial charge in [0.1, 0.15) is 12.4 Å². The van der Waals surface area contributed by atoms with E-state index in [0.29, 0.717) is 6.61 Å². The summed E-state index contributed by atoms with van der Waals surface area (Å²) in [4.78, 5) is 4.24. The molecule has 0 radical (unpaired) electrons. The molecule has 0 amide bonds. The molecule has 0 fully saturated rings. The molecule has 0 aliphatic carbocycles. The van der Waals surface area contributed by atoms with Crippen LogP contribution in [0.1, 0.15) is 12.0 Å². The van der Waals surface area contributed by atoms with Crippen molar-refractivity contribution in [3.63, 3.8) is 0 Å². The molecule has 0 atom stereocenters. The molecule has 88 valence electrons. The highest BCUT2D eigenvalue weighted by Crippen LogP contribution is 2.27. The second-order valence-corrected chi connectivity index (χ2v) is 4.39. The lowest BCUT2D eigenvalue weighted by atomic mass is 10.1. The van der Waals surface area contributed by atoms with Gasteiger partial charge in [-0.05, 0) is 24.5 Å². The van der Waals surface area contributed by atoms with Crippen LogP contribution >= 0.6 is 0 Å². The predicted octanol–water partition coefficient (Wildman–Crippen LogP) is 2.43. The molecule has 3 rings (SSSR count). The van der Waals surface area contributed by atoms with Gasteiger partial charge in [-0.3, -0.25) is 4.99 Å². The Morgan fingerprint density at radius 3 is 3.24 bits per heavy atom. The second-order valence-electron chi connectivity index (χ2n) is 4.39. The zero-order valence-electron chi connectivity index (χ0n) is 9.78. The summed E-state index contributed by atoms with van der Waals surface area (Å²) in [6.45, 7) is 2.56. The zero-order chi connectivity index (χ0) is 11.5. The minimum absolute atomic E-state index is 0.613. The number of nitrogens with zero attached hydrogens (tertiary/aromatic N) is 1. The van der Waals surface area contributed by atoms with Gasteiger partial charge in [0.2, 0.25) is 0 Å². The van der Waals surface area contributed by atoms with Crippen LogP contribution in [0.2, 0.25) is 0 Å². The molecule has 0 aromatic heterocycles. The summed E-state index contributed by atoms with van der Waals surface area (Å²) in [5, 5.41) is 3.36. The Morgan fingerprint density at radius 2 is 2.35 bits per heavy atom. The number of ether oxygens (including phenoxy) is 1. The first-order chi connectivity index (χ1) is 8.42. The van der Waals surface area contributed by atoms with Crippen molar-refractivity contribution in [2.24, 2.45) is 4.99 Å². The van der Waals surface area contributed by atoms with Gasteiger partial charge < -0.3 is 10.1 Å². The number of aliphatic imine (C=N–C) groups is 1. The Morgan fingerprint density at radius 1 is 1.35 bits per heavy atom. The highest BCUT2D eigenvalue weighted by atomic mass is 16.5. The molecule has 1 aromatic carbocycles. The van der Waals surface area contributed by atoms with Gasteiger partial charge in [0.25, 0.3) is 0 Å². The number of dihydropyridines is 1. The van der Waals surface area contributed by atoms with Crippen molar-refractivity contribution < 1.29 is 4.74 Å². The van der Waals surface area contributed by atoms with Crippen molar-refractivity contribution in [2.75, 3.05) is 25.0 Å². The predicted molar refractivity (Wildman–Crippen MR) is 70.2 cm³/mol. The van der Waals surface area contributed by atoms with Gasteiger partial charge in [-0.1, -0.05) is 12.1 Å². The molecular weight excluding hydrogens is 212 g/mol. The summed E-state index contributed by atoms with van der Waals surface area (Å²) in [5.74, 6) is 0.929. The van der Waals surface area contributed by atoms with E-state index in [2.05, 4.69) is 28.5 Å². The van der Waals surface area contributed by atoms with Gasteiger partial charge >= 0.3 is 0 Å². The first-order valence-electron chi connectivity index (χ1n) is 6.10. The van der Waals surface area contributed by atoms with Crippen LogP contribution in [0.4, 0.5) is 5.69 Å². The standard InChI is InChI=1S/C14H16N2O/c1-2-11(9-15-6-1)10-17-13-4-3-12-5-7-16-14(12)8-13/h2-4,8-9,16H,1,5-7,10H2. The van der Waals surface area contributed by atoms with E-state index in [1.54, 1.807) is 0 Å². The minimum atomic E-state index is 0.613. The number of hydrogen-bond acceptors (Lipinski definition) is 3. The van der Waals surface area contributed by atoms with Gasteiger partial charge in [0.15, 0.2) is 0 Å². The lowest BCUT2D eigenvalue weighted by molar-refractivity contribution is 0.357. The van der Waals surface area contributed by atoms with Crippen LogP contribution in [-0.4, -0.2) is 25.9 Å². The average Bonchev–Trinajstić information content (AvgIpc) is 2.85. The molecule has 17 heavy (non-hydrogen) atoms. The SMILES string of the molecule is C1=NCCC=C1COc1ccc2c(c1)NCC2. The smallest absolute Gasteiger partial charge is 0.121 e. The van der Waals surface area contributed by atoms with E-state index in [0.717, 1.165) is 31.7 Å². The third-order valence-electron chi connectivity index (χ3n) is 3.12. The van der Waals surface area contributed by atoms with Crippen LogP contribution in [0.5, 0.6) is 5.75 Å². The summed E-state index contributed by atoms with van der Waals surface area (Å²) in [5.41, 5.74) is 3.77. The molecular formula is C14H16N2O. The maximum absolute atomic E-state index is 5.77. The topological polar surface area (TPSA) is 33.6 Å². The largest absolute Gasteiger partial charge is 0.489 e. The van der Waals surface area contributed by atoms with E-state index in [1.807, 2.05) is 12.3 Å². The Labute approximate surface area is 101 Å². The molecule has 2 aliphatic heterocycles. The molecule has 0 saturated carbocycles. The summed E-state index contributed by atoms with van der Waals surface area (Å²) in [7, 11) is 0. The summed E-state index contributed by atoms with van der Waals surface area (Å²) in [6, 6.07) is 6.28. The summed E-state index contributed by atoms with van der Waals surface area (Å²) >= 11 is 0. The monoisotopic (exact) mass is 228 g/mol. The number of anilines is 1. The lowest BCUT2D eigenvalue weighted by Gasteiger charge is -2.10. The molecule has 2 heterocycles. The summed E-state index contributed by atoms with van der Waals surface area (Å²) < 4.78 is 5.77. The fourth-order valence-electron chi connectivity index (χ4n) is 2.18. The molecule has 0 spiro atoms. The van der Waals surface area contributed by atoms with Gasteiger partial charge in [-0.2, -0.15) is 0 Å². The third-order valence-corrected chi connectivity index (χ3v) is 3.12. The maximum atomic E-state index is 5.77. The van der Waals surface area contributed by atoms with Crippen LogP contribution in [0.25, 0.3) is 0 Å². The first-order valence-corrected chi connectivity index (χ1v) is 6.10. The van der Waals surface area contributed by atoms with E-state index >= 15 is 0 Å². The van der Waals surface area contributed by atoms with E-state index in [9.17, 15) is 0 Å². The molecule has 1 aromatic rings. The Kier molecular flexibility index (Phi) is 2.82. The normalized spacial score (nSPS) is 17.3. The number of fused-ring (bicyclic) bond motifs is 1. The van der Waals surface area contributed by atoms with Gasteiger partial charge in [0.05, 0.1) is 0 Å². The molecule has 2 aliphatic rings. The van der Waals surface area contributed by atoms with Crippen LogP contribution < -0.4 is 10.1 Å². The van der Waals surface area contributed by atoms with Crippen LogP contribution in [0.3, 0.4) is 0 Å². The molecule has 0 unspecified atom stereocenters. The summed E-state index contributed by atoms with van der Waals surface area (Å²) in [6.07, 6.45) is 6.25. The Bertz CT molecular complexity index is 477. The maximum Gasteiger partial charge on any atom is 0.121 e. The molecule has 0 bridgehead atoms. The van der Waals surface area contributed by atoms with Crippen molar-refractivity contribution in [2.45, 2.75) is 12.8 Å². The highest BCUT2D eigenvalue weighted by molar-refractivity contribution is 5.79. The van der Waals surface area contributed by atoms with Gasteiger partial charge in [-0.25, -0.2) is 0 Å². The van der Waals surface area contributed by atoms with Crippen molar-refractivity contribution in [1.29, 1.82) is 0 Å².